The Hall–Kier alpha value is 0.250. The second kappa shape index (κ2) is 1.80. The van der Waals surface area contributed by atoms with E-state index in [0.29, 0.717) is 5.38 Å². The molecule has 0 saturated carbocycles. The van der Waals surface area contributed by atoms with Gasteiger partial charge in [-0.2, -0.15) is 0 Å². The molecular formula is C4H7ClN. The van der Waals surface area contributed by atoms with E-state index < -0.39 is 0 Å². The van der Waals surface area contributed by atoms with E-state index in [-0.39, 0.29) is 0 Å². The number of rotatable bonds is 0. The van der Waals surface area contributed by atoms with Crippen molar-refractivity contribution in [3.8, 4) is 0 Å². The summed E-state index contributed by atoms with van der Waals surface area (Å²) in [6.07, 6.45) is 1.02. The SMILES string of the molecule is ClC1C[CH]NC1. The Morgan fingerprint density at radius 1 is 1.83 bits per heavy atom. The molecule has 1 radical (unpaired) electrons. The second-order valence-electron chi connectivity index (χ2n) is 1.45. The molecule has 1 rings (SSSR count). The maximum absolute atomic E-state index is 5.62. The highest BCUT2D eigenvalue weighted by atomic mass is 35.5. The number of alkyl halides is 1. The zero-order valence-electron chi connectivity index (χ0n) is 3.45. The fourth-order valence-corrected chi connectivity index (χ4v) is 0.684. The summed E-state index contributed by atoms with van der Waals surface area (Å²) >= 11 is 5.62. The topological polar surface area (TPSA) is 12.0 Å². The number of nitrogens with one attached hydrogen (secondary N) is 1. The molecule has 35 valence electrons. The monoisotopic (exact) mass is 104 g/mol. The maximum Gasteiger partial charge on any atom is 0.0476 e. The van der Waals surface area contributed by atoms with Crippen molar-refractivity contribution in [2.45, 2.75) is 11.8 Å². The summed E-state index contributed by atoms with van der Waals surface area (Å²) in [5.41, 5.74) is 0. The molecule has 1 aliphatic rings. The zero-order chi connectivity index (χ0) is 4.41. The first-order chi connectivity index (χ1) is 2.89. The predicted octanol–water partition coefficient (Wildman–Crippen LogP) is 0.749. The minimum Gasteiger partial charge on any atom is -0.311 e. The lowest BCUT2D eigenvalue weighted by atomic mass is 10.4. The Balaban J connectivity index is 2.18. The van der Waals surface area contributed by atoms with Crippen LogP contribution in [-0.4, -0.2) is 11.9 Å². The van der Waals surface area contributed by atoms with Crippen LogP contribution in [0.25, 0.3) is 0 Å². The Labute approximate surface area is 42.7 Å². The van der Waals surface area contributed by atoms with E-state index in [2.05, 4.69) is 5.32 Å². The van der Waals surface area contributed by atoms with Gasteiger partial charge in [-0.1, -0.05) is 0 Å². The Morgan fingerprint density at radius 3 is 2.83 bits per heavy atom. The molecule has 0 aromatic rings. The minimum absolute atomic E-state index is 0.352. The van der Waals surface area contributed by atoms with E-state index in [1.165, 1.54) is 0 Å². The Kier molecular flexibility index (Phi) is 1.33. The standard InChI is InChI=1S/C4H7ClN/c5-4-1-2-6-3-4/h2,4,6H,1,3H2. The molecule has 0 aromatic heterocycles. The van der Waals surface area contributed by atoms with Crippen LogP contribution in [0.2, 0.25) is 0 Å². The summed E-state index contributed by atoms with van der Waals surface area (Å²) in [6, 6.07) is 0. The van der Waals surface area contributed by atoms with Crippen LogP contribution in [0.4, 0.5) is 0 Å². The average molecular weight is 105 g/mol. The average Bonchev–Trinajstić information content (AvgIpc) is 1.86. The third kappa shape index (κ3) is 0.854. The Morgan fingerprint density at radius 2 is 2.67 bits per heavy atom. The van der Waals surface area contributed by atoms with Crippen LogP contribution in [0, 0.1) is 6.54 Å². The molecule has 0 amide bonds. The highest BCUT2D eigenvalue weighted by Crippen LogP contribution is 2.06. The first-order valence-electron chi connectivity index (χ1n) is 2.09. The maximum atomic E-state index is 5.62. The highest BCUT2D eigenvalue weighted by molar-refractivity contribution is 6.21. The largest absolute Gasteiger partial charge is 0.311 e. The van der Waals surface area contributed by atoms with Crippen LogP contribution >= 0.6 is 11.6 Å². The molecule has 1 N–H and O–H groups in total. The van der Waals surface area contributed by atoms with Crippen molar-refractivity contribution in [2.75, 3.05) is 6.54 Å². The molecule has 1 saturated heterocycles. The molecule has 0 aliphatic carbocycles. The van der Waals surface area contributed by atoms with Gasteiger partial charge in [0.25, 0.3) is 0 Å². The molecule has 0 aromatic carbocycles. The molecule has 1 nitrogen and oxygen atoms in total. The van der Waals surface area contributed by atoms with Crippen LogP contribution in [0.1, 0.15) is 6.42 Å². The van der Waals surface area contributed by atoms with E-state index in [4.69, 9.17) is 11.6 Å². The lowest BCUT2D eigenvalue weighted by molar-refractivity contribution is 0.908. The predicted molar refractivity (Wildman–Crippen MR) is 26.6 cm³/mol. The second-order valence-corrected chi connectivity index (χ2v) is 2.06. The van der Waals surface area contributed by atoms with Gasteiger partial charge in [-0.05, 0) is 6.42 Å². The van der Waals surface area contributed by atoms with Gasteiger partial charge in [0.1, 0.15) is 0 Å². The van der Waals surface area contributed by atoms with Gasteiger partial charge >= 0.3 is 0 Å². The molecule has 6 heavy (non-hydrogen) atoms. The van der Waals surface area contributed by atoms with Gasteiger partial charge in [-0.25, -0.2) is 0 Å². The quantitative estimate of drug-likeness (QED) is 0.447. The van der Waals surface area contributed by atoms with E-state index in [9.17, 15) is 0 Å². The summed E-state index contributed by atoms with van der Waals surface area (Å²) in [7, 11) is 0. The summed E-state index contributed by atoms with van der Waals surface area (Å²) in [4.78, 5) is 0. The molecule has 0 bridgehead atoms. The van der Waals surface area contributed by atoms with Crippen LogP contribution in [0.15, 0.2) is 0 Å². The highest BCUT2D eigenvalue weighted by Gasteiger charge is 2.09. The van der Waals surface area contributed by atoms with Gasteiger partial charge in [0.2, 0.25) is 0 Å². The van der Waals surface area contributed by atoms with Gasteiger partial charge in [0.15, 0.2) is 0 Å². The minimum atomic E-state index is 0.352. The molecule has 1 fully saturated rings. The zero-order valence-corrected chi connectivity index (χ0v) is 4.20. The van der Waals surface area contributed by atoms with E-state index in [0.717, 1.165) is 13.0 Å². The van der Waals surface area contributed by atoms with Crippen molar-refractivity contribution in [1.29, 1.82) is 0 Å². The Bertz CT molecular complexity index is 40.8. The van der Waals surface area contributed by atoms with E-state index >= 15 is 0 Å². The van der Waals surface area contributed by atoms with Crippen molar-refractivity contribution in [3.63, 3.8) is 0 Å². The molecule has 1 aliphatic heterocycles. The van der Waals surface area contributed by atoms with Crippen molar-refractivity contribution in [3.05, 3.63) is 6.54 Å². The van der Waals surface area contributed by atoms with Crippen molar-refractivity contribution < 1.29 is 0 Å². The summed E-state index contributed by atoms with van der Waals surface area (Å²) in [6.45, 7) is 2.94. The third-order valence-electron chi connectivity index (χ3n) is 0.857. The van der Waals surface area contributed by atoms with E-state index in [1.807, 2.05) is 6.54 Å². The molecular weight excluding hydrogens is 97.5 g/mol. The molecule has 0 spiro atoms. The molecule has 1 heterocycles. The van der Waals surface area contributed by atoms with Crippen LogP contribution in [0.5, 0.6) is 0 Å². The molecule has 1 unspecified atom stereocenters. The summed E-state index contributed by atoms with van der Waals surface area (Å²) in [5.74, 6) is 0. The normalized spacial score (nSPS) is 34.5. The van der Waals surface area contributed by atoms with Gasteiger partial charge in [0, 0.05) is 18.5 Å². The van der Waals surface area contributed by atoms with Gasteiger partial charge < -0.3 is 5.32 Å². The first kappa shape index (κ1) is 4.41. The third-order valence-corrected chi connectivity index (χ3v) is 1.19. The number of hydrogen-bond acceptors (Lipinski definition) is 1. The smallest absolute Gasteiger partial charge is 0.0476 e. The molecule has 2 heteroatoms. The molecule has 1 atom stereocenters. The van der Waals surface area contributed by atoms with Gasteiger partial charge in [-0.3, -0.25) is 0 Å². The van der Waals surface area contributed by atoms with Crippen molar-refractivity contribution in [1.82, 2.24) is 5.32 Å². The van der Waals surface area contributed by atoms with Crippen molar-refractivity contribution in [2.24, 2.45) is 0 Å². The number of hydrogen-bond donors (Lipinski definition) is 1. The first-order valence-corrected chi connectivity index (χ1v) is 2.52. The lowest BCUT2D eigenvalue weighted by Gasteiger charge is -1.87. The fraction of sp³-hybridized carbons (Fsp3) is 0.750. The van der Waals surface area contributed by atoms with Gasteiger partial charge in [0.05, 0.1) is 0 Å². The number of halogens is 1. The van der Waals surface area contributed by atoms with Crippen molar-refractivity contribution >= 4 is 11.6 Å². The fourth-order valence-electron chi connectivity index (χ4n) is 0.506. The van der Waals surface area contributed by atoms with Crippen LogP contribution in [-0.2, 0) is 0 Å². The lowest BCUT2D eigenvalue weighted by Crippen LogP contribution is -2.05. The van der Waals surface area contributed by atoms with Crippen LogP contribution in [0.3, 0.4) is 0 Å². The summed E-state index contributed by atoms with van der Waals surface area (Å²) in [5, 5.41) is 3.37. The van der Waals surface area contributed by atoms with Crippen LogP contribution < -0.4 is 5.32 Å². The van der Waals surface area contributed by atoms with E-state index in [1.54, 1.807) is 0 Å². The summed E-state index contributed by atoms with van der Waals surface area (Å²) < 4.78 is 0. The van der Waals surface area contributed by atoms with Gasteiger partial charge in [-0.15, -0.1) is 11.6 Å².